The van der Waals surface area contributed by atoms with E-state index < -0.39 is 18.0 Å². The highest BCUT2D eigenvalue weighted by molar-refractivity contribution is 5.92. The van der Waals surface area contributed by atoms with Crippen LogP contribution in [0.25, 0.3) is 0 Å². The van der Waals surface area contributed by atoms with Crippen molar-refractivity contribution in [2.45, 2.75) is 38.5 Å². The predicted molar refractivity (Wildman–Crippen MR) is 104 cm³/mol. The number of esters is 1. The number of carbonyl (C=O) groups is 2. The monoisotopic (exact) mass is 401 g/mol. The zero-order valence-corrected chi connectivity index (χ0v) is 16.2. The van der Waals surface area contributed by atoms with Crippen LogP contribution in [-0.2, 0) is 20.8 Å². The van der Waals surface area contributed by atoms with Crippen LogP contribution in [0.15, 0.2) is 48.5 Å². The molecule has 0 bridgehead atoms. The first-order valence-electron chi connectivity index (χ1n) is 9.59. The van der Waals surface area contributed by atoms with E-state index in [1.165, 1.54) is 19.1 Å². The van der Waals surface area contributed by atoms with Gasteiger partial charge in [-0.25, -0.2) is 9.18 Å². The van der Waals surface area contributed by atoms with Crippen molar-refractivity contribution in [2.24, 2.45) is 0 Å². The lowest BCUT2D eigenvalue weighted by molar-refractivity contribution is -0.129. The van der Waals surface area contributed by atoms with Gasteiger partial charge >= 0.3 is 5.97 Å². The normalized spacial score (nSPS) is 16.8. The van der Waals surface area contributed by atoms with Gasteiger partial charge in [0.2, 0.25) is 0 Å². The van der Waals surface area contributed by atoms with E-state index in [4.69, 9.17) is 14.2 Å². The van der Waals surface area contributed by atoms with Crippen molar-refractivity contribution in [2.75, 3.05) is 13.2 Å². The summed E-state index contributed by atoms with van der Waals surface area (Å²) in [5.74, 6) is -0.730. The van der Waals surface area contributed by atoms with Gasteiger partial charge in [-0.05, 0) is 61.7 Å². The van der Waals surface area contributed by atoms with E-state index in [9.17, 15) is 14.0 Å². The Morgan fingerprint density at radius 3 is 2.55 bits per heavy atom. The summed E-state index contributed by atoms with van der Waals surface area (Å²) in [7, 11) is 0. The number of amides is 1. The molecule has 1 saturated heterocycles. The Balaban J connectivity index is 1.44. The molecule has 0 saturated carbocycles. The first-order chi connectivity index (χ1) is 14.0. The van der Waals surface area contributed by atoms with Crippen LogP contribution in [0.2, 0.25) is 0 Å². The molecule has 0 aromatic heterocycles. The van der Waals surface area contributed by atoms with Crippen molar-refractivity contribution in [3.8, 4) is 5.75 Å². The zero-order valence-electron chi connectivity index (χ0n) is 16.2. The molecule has 1 N–H and O–H groups in total. The Hall–Kier alpha value is -2.93. The van der Waals surface area contributed by atoms with Gasteiger partial charge in [-0.3, -0.25) is 4.79 Å². The maximum Gasteiger partial charge on any atom is 0.338 e. The van der Waals surface area contributed by atoms with Crippen LogP contribution in [0.3, 0.4) is 0 Å². The molecule has 1 aliphatic rings. The minimum Gasteiger partial charge on any atom is -0.491 e. The van der Waals surface area contributed by atoms with Crippen molar-refractivity contribution in [3.05, 3.63) is 65.5 Å². The molecular weight excluding hydrogens is 377 g/mol. The van der Waals surface area contributed by atoms with Crippen LogP contribution in [0.1, 0.15) is 35.7 Å². The standard InChI is InChI=1S/C22H24FNO5/c1-15(21(25)24-13-16-4-8-18(23)9-5-16)29-22(26)17-6-10-19(11-7-17)28-14-20-3-2-12-27-20/h4-11,15,20H,2-3,12-14H2,1H3,(H,24,25)/t15-,20+/m1/s1. The molecule has 1 heterocycles. The molecule has 2 aromatic rings. The van der Waals surface area contributed by atoms with Crippen molar-refractivity contribution in [1.82, 2.24) is 5.32 Å². The van der Waals surface area contributed by atoms with Crippen molar-refractivity contribution in [3.63, 3.8) is 0 Å². The summed E-state index contributed by atoms with van der Waals surface area (Å²) in [4.78, 5) is 24.4. The van der Waals surface area contributed by atoms with E-state index >= 15 is 0 Å². The number of halogens is 1. The third-order valence-corrected chi connectivity index (χ3v) is 4.58. The smallest absolute Gasteiger partial charge is 0.338 e. The number of ether oxygens (including phenoxy) is 3. The summed E-state index contributed by atoms with van der Waals surface area (Å²) < 4.78 is 29.3. The zero-order chi connectivity index (χ0) is 20.6. The first-order valence-corrected chi connectivity index (χ1v) is 9.59. The van der Waals surface area contributed by atoms with E-state index in [1.807, 2.05) is 0 Å². The summed E-state index contributed by atoms with van der Waals surface area (Å²) in [6.07, 6.45) is 1.20. The highest BCUT2D eigenvalue weighted by Crippen LogP contribution is 2.17. The van der Waals surface area contributed by atoms with Crippen molar-refractivity contribution in [1.29, 1.82) is 0 Å². The number of carbonyl (C=O) groups excluding carboxylic acids is 2. The van der Waals surface area contributed by atoms with E-state index in [1.54, 1.807) is 36.4 Å². The number of hydrogen-bond acceptors (Lipinski definition) is 5. The minimum absolute atomic E-state index is 0.119. The number of nitrogens with one attached hydrogen (secondary N) is 1. The summed E-state index contributed by atoms with van der Waals surface area (Å²) in [5.41, 5.74) is 1.07. The lowest BCUT2D eigenvalue weighted by Gasteiger charge is -2.14. The van der Waals surface area contributed by atoms with Gasteiger partial charge in [0.05, 0.1) is 11.7 Å². The maximum absolute atomic E-state index is 12.9. The van der Waals surface area contributed by atoms with Crippen molar-refractivity contribution >= 4 is 11.9 Å². The van der Waals surface area contributed by atoms with Crippen LogP contribution in [0.5, 0.6) is 5.75 Å². The van der Waals surface area contributed by atoms with Gasteiger partial charge in [-0.15, -0.1) is 0 Å². The molecule has 3 rings (SSSR count). The molecule has 1 amide bonds. The van der Waals surface area contributed by atoms with E-state index in [2.05, 4.69) is 5.32 Å². The summed E-state index contributed by atoms with van der Waals surface area (Å²) in [6, 6.07) is 12.4. The fourth-order valence-electron chi connectivity index (χ4n) is 2.87. The first kappa shape index (κ1) is 20.8. The Kier molecular flexibility index (Phi) is 7.19. The topological polar surface area (TPSA) is 73.9 Å². The number of rotatable bonds is 8. The minimum atomic E-state index is -0.960. The molecule has 1 aliphatic heterocycles. The molecule has 6 nitrogen and oxygen atoms in total. The third-order valence-electron chi connectivity index (χ3n) is 4.58. The molecule has 29 heavy (non-hydrogen) atoms. The lowest BCUT2D eigenvalue weighted by Crippen LogP contribution is -2.35. The number of benzene rings is 2. The molecule has 154 valence electrons. The van der Waals surface area contributed by atoms with Gasteiger partial charge in [0.25, 0.3) is 5.91 Å². The van der Waals surface area contributed by atoms with Crippen LogP contribution < -0.4 is 10.1 Å². The van der Waals surface area contributed by atoms with Gasteiger partial charge in [0, 0.05) is 13.2 Å². The second-order valence-electron chi connectivity index (χ2n) is 6.86. The van der Waals surface area contributed by atoms with Gasteiger partial charge in [0.15, 0.2) is 6.10 Å². The maximum atomic E-state index is 12.9. The van der Waals surface area contributed by atoms with Crippen LogP contribution in [-0.4, -0.2) is 37.3 Å². The summed E-state index contributed by atoms with van der Waals surface area (Å²) >= 11 is 0. The molecule has 0 radical (unpaired) electrons. The Bertz CT molecular complexity index is 816. The van der Waals surface area contributed by atoms with E-state index in [-0.39, 0.29) is 18.5 Å². The average Bonchev–Trinajstić information content (AvgIpc) is 3.25. The van der Waals surface area contributed by atoms with Gasteiger partial charge in [0.1, 0.15) is 18.2 Å². The quantitative estimate of drug-likeness (QED) is 0.688. The third kappa shape index (κ3) is 6.29. The fourth-order valence-corrected chi connectivity index (χ4v) is 2.87. The molecule has 7 heteroatoms. The highest BCUT2D eigenvalue weighted by Gasteiger charge is 2.19. The molecule has 2 aromatic carbocycles. The second-order valence-corrected chi connectivity index (χ2v) is 6.86. The Morgan fingerprint density at radius 1 is 1.17 bits per heavy atom. The van der Waals surface area contributed by atoms with Gasteiger partial charge in [-0.1, -0.05) is 12.1 Å². The summed E-state index contributed by atoms with van der Waals surface area (Å²) in [6.45, 7) is 2.97. The Labute approximate surface area is 169 Å². The molecule has 0 spiro atoms. The molecule has 2 atom stereocenters. The second kappa shape index (κ2) is 10.0. The van der Waals surface area contributed by atoms with Crippen LogP contribution in [0, 0.1) is 5.82 Å². The van der Waals surface area contributed by atoms with Crippen LogP contribution in [0.4, 0.5) is 4.39 Å². The van der Waals surface area contributed by atoms with Crippen LogP contribution >= 0.6 is 0 Å². The predicted octanol–water partition coefficient (Wildman–Crippen LogP) is 3.25. The molecule has 1 fully saturated rings. The lowest BCUT2D eigenvalue weighted by atomic mass is 10.2. The van der Waals surface area contributed by atoms with E-state index in [0.717, 1.165) is 25.0 Å². The average molecular weight is 401 g/mol. The van der Waals surface area contributed by atoms with E-state index in [0.29, 0.717) is 17.9 Å². The molecule has 0 aliphatic carbocycles. The highest BCUT2D eigenvalue weighted by atomic mass is 19.1. The molecular formula is C22H24FNO5. The number of hydrogen-bond donors (Lipinski definition) is 1. The summed E-state index contributed by atoms with van der Waals surface area (Å²) in [5, 5.41) is 2.66. The van der Waals surface area contributed by atoms with Gasteiger partial charge < -0.3 is 19.5 Å². The SMILES string of the molecule is C[C@@H](OC(=O)c1ccc(OC[C@@H]2CCCO2)cc1)C(=O)NCc1ccc(F)cc1. The van der Waals surface area contributed by atoms with Crippen molar-refractivity contribution < 1.29 is 28.2 Å². The largest absolute Gasteiger partial charge is 0.491 e. The fraction of sp³-hybridized carbons (Fsp3) is 0.364. The molecule has 0 unspecified atom stereocenters. The Morgan fingerprint density at radius 2 is 1.90 bits per heavy atom. The van der Waals surface area contributed by atoms with Gasteiger partial charge in [-0.2, -0.15) is 0 Å².